The number of methoxy groups -OCH3 is 1. The molecule has 0 atom stereocenters. The van der Waals surface area contributed by atoms with Gasteiger partial charge in [0.05, 0.1) is 34.0 Å². The van der Waals surface area contributed by atoms with E-state index < -0.39 is 5.82 Å². The van der Waals surface area contributed by atoms with Gasteiger partial charge in [0, 0.05) is 36.6 Å². The van der Waals surface area contributed by atoms with Gasteiger partial charge in [-0.15, -0.1) is 0 Å². The Morgan fingerprint density at radius 1 is 0.972 bits per heavy atom. The van der Waals surface area contributed by atoms with Crippen LogP contribution in [0.2, 0.25) is 5.02 Å². The van der Waals surface area contributed by atoms with Crippen LogP contribution in [0.25, 0.3) is 10.9 Å². The van der Waals surface area contributed by atoms with E-state index in [1.54, 1.807) is 25.3 Å². The van der Waals surface area contributed by atoms with E-state index in [4.69, 9.17) is 21.1 Å². The predicted molar refractivity (Wildman–Crippen MR) is 137 cm³/mol. The minimum Gasteiger partial charge on any atom is -0.490 e. The van der Waals surface area contributed by atoms with Crippen molar-refractivity contribution in [2.24, 2.45) is 0 Å². The Kier molecular flexibility index (Phi) is 7.82. The van der Waals surface area contributed by atoms with Gasteiger partial charge < -0.3 is 20.1 Å². The number of halogens is 2. The fraction of sp³-hybridized carbons (Fsp3) is 0.148. The molecule has 3 aromatic carbocycles. The Balaban J connectivity index is 1.58. The molecule has 9 heteroatoms. The number of rotatable bonds is 9. The Hall–Kier alpha value is -4.37. The molecule has 0 saturated carbocycles. The maximum atomic E-state index is 13.6. The Bertz CT molecular complexity index is 1500. The van der Waals surface area contributed by atoms with Crippen LogP contribution in [-0.2, 0) is 11.3 Å². The van der Waals surface area contributed by atoms with Crippen molar-refractivity contribution in [1.82, 2.24) is 4.98 Å². The summed E-state index contributed by atoms with van der Waals surface area (Å²) in [4.78, 5) is 4.37. The third-order valence-corrected chi connectivity index (χ3v) is 5.67. The molecule has 0 spiro atoms. The molecule has 0 fully saturated rings. The van der Waals surface area contributed by atoms with Crippen LogP contribution in [-0.4, -0.2) is 25.3 Å². The Morgan fingerprint density at radius 3 is 2.53 bits per heavy atom. The third kappa shape index (κ3) is 5.64. The van der Waals surface area contributed by atoms with Crippen molar-refractivity contribution >= 4 is 39.6 Å². The third-order valence-electron chi connectivity index (χ3n) is 5.38. The van der Waals surface area contributed by atoms with E-state index >= 15 is 0 Å². The molecular weight excluding hydrogens is 481 g/mol. The van der Waals surface area contributed by atoms with Gasteiger partial charge in [0.1, 0.15) is 30.3 Å². The molecule has 0 aliphatic rings. The van der Waals surface area contributed by atoms with Crippen molar-refractivity contribution in [3.63, 3.8) is 0 Å². The molecule has 1 aromatic heterocycles. The predicted octanol–water partition coefficient (Wildman–Crippen LogP) is 6.15. The first-order valence-electron chi connectivity index (χ1n) is 11.0. The highest BCUT2D eigenvalue weighted by Crippen LogP contribution is 2.32. The molecule has 0 unspecified atom stereocenters. The molecule has 0 bridgehead atoms. The fourth-order valence-corrected chi connectivity index (χ4v) is 3.76. The van der Waals surface area contributed by atoms with E-state index in [-0.39, 0.29) is 5.02 Å². The van der Waals surface area contributed by atoms with Crippen LogP contribution >= 0.6 is 11.6 Å². The summed E-state index contributed by atoms with van der Waals surface area (Å²) in [6.07, 6.45) is 1.49. The number of hydrogen-bond donors (Lipinski definition) is 2. The summed E-state index contributed by atoms with van der Waals surface area (Å²) in [7, 11) is 1.59. The largest absolute Gasteiger partial charge is 0.490 e. The van der Waals surface area contributed by atoms with E-state index in [0.29, 0.717) is 58.9 Å². The summed E-state index contributed by atoms with van der Waals surface area (Å²) >= 11 is 5.92. The van der Waals surface area contributed by atoms with Crippen molar-refractivity contribution in [3.8, 4) is 17.9 Å². The minimum atomic E-state index is -0.525. The lowest BCUT2D eigenvalue weighted by Gasteiger charge is -2.14. The first kappa shape index (κ1) is 24.7. The van der Waals surface area contributed by atoms with Gasteiger partial charge in [0.15, 0.2) is 0 Å². The van der Waals surface area contributed by atoms with Crippen LogP contribution in [0.4, 0.5) is 21.5 Å². The van der Waals surface area contributed by atoms with Crippen molar-refractivity contribution in [3.05, 3.63) is 88.3 Å². The van der Waals surface area contributed by atoms with Gasteiger partial charge in [-0.05, 0) is 54.1 Å². The van der Waals surface area contributed by atoms with Crippen LogP contribution in [0.15, 0.2) is 60.8 Å². The zero-order valence-corrected chi connectivity index (χ0v) is 20.1. The highest BCUT2D eigenvalue weighted by atomic mass is 35.5. The lowest BCUT2D eigenvalue weighted by atomic mass is 10.1. The second-order valence-electron chi connectivity index (χ2n) is 7.78. The smallest absolute Gasteiger partial charge is 0.141 e. The molecule has 2 N–H and O–H groups in total. The van der Waals surface area contributed by atoms with Gasteiger partial charge in [0.2, 0.25) is 0 Å². The van der Waals surface area contributed by atoms with Gasteiger partial charge >= 0.3 is 0 Å². The molecule has 0 amide bonds. The number of ether oxygens (including phenoxy) is 2. The minimum absolute atomic E-state index is 0.0221. The number of nitriles is 2. The first-order valence-corrected chi connectivity index (χ1v) is 11.3. The zero-order valence-electron chi connectivity index (χ0n) is 19.3. The van der Waals surface area contributed by atoms with E-state index in [0.717, 1.165) is 11.3 Å². The quantitative estimate of drug-likeness (QED) is 0.265. The summed E-state index contributed by atoms with van der Waals surface area (Å²) in [6, 6.07) is 19.6. The van der Waals surface area contributed by atoms with Gasteiger partial charge in [-0.2, -0.15) is 10.5 Å². The van der Waals surface area contributed by atoms with E-state index in [2.05, 4.69) is 27.8 Å². The Labute approximate surface area is 212 Å². The van der Waals surface area contributed by atoms with Crippen LogP contribution in [0.5, 0.6) is 5.75 Å². The molecule has 4 aromatic rings. The number of aromatic nitrogens is 1. The molecule has 180 valence electrons. The van der Waals surface area contributed by atoms with Crippen LogP contribution in [0, 0.1) is 28.5 Å². The van der Waals surface area contributed by atoms with Gasteiger partial charge in [-0.1, -0.05) is 17.7 Å². The maximum Gasteiger partial charge on any atom is 0.141 e. The number of benzene rings is 3. The molecule has 7 nitrogen and oxygen atoms in total. The van der Waals surface area contributed by atoms with Crippen molar-refractivity contribution < 1.29 is 13.9 Å². The van der Waals surface area contributed by atoms with Crippen molar-refractivity contribution in [1.29, 1.82) is 10.5 Å². The normalized spacial score (nSPS) is 10.5. The molecule has 0 aliphatic heterocycles. The van der Waals surface area contributed by atoms with Gasteiger partial charge in [-0.3, -0.25) is 4.98 Å². The molecule has 0 aliphatic carbocycles. The van der Waals surface area contributed by atoms with Crippen LogP contribution in [0.1, 0.15) is 16.7 Å². The lowest BCUT2D eigenvalue weighted by Crippen LogP contribution is -2.06. The Morgan fingerprint density at radius 2 is 1.78 bits per heavy atom. The number of pyridine rings is 1. The summed E-state index contributed by atoms with van der Waals surface area (Å²) in [6.45, 7) is 1.25. The lowest BCUT2D eigenvalue weighted by molar-refractivity contribution is 0.146. The number of nitrogens with one attached hydrogen (secondary N) is 2. The average molecular weight is 502 g/mol. The standard InChI is InChI=1S/C27H21ClFN5O2/c1-35-8-9-36-26-7-2-17(10-18(26)13-30)15-32-20-4-6-25-22(11-20)27(19(14-31)16-33-25)34-21-3-5-24(29)23(28)12-21/h2-7,10-12,16,32H,8-9,15H2,1H3,(H,33,34). The average Bonchev–Trinajstić information content (AvgIpc) is 2.90. The number of nitrogens with zero attached hydrogens (tertiary/aromatic N) is 3. The van der Waals surface area contributed by atoms with E-state index in [1.165, 1.54) is 18.3 Å². The molecule has 0 radical (unpaired) electrons. The zero-order chi connectivity index (χ0) is 25.5. The topological polar surface area (TPSA) is 103 Å². The second-order valence-corrected chi connectivity index (χ2v) is 8.19. The van der Waals surface area contributed by atoms with E-state index in [9.17, 15) is 14.9 Å². The highest BCUT2D eigenvalue weighted by molar-refractivity contribution is 6.31. The van der Waals surface area contributed by atoms with Crippen LogP contribution in [0.3, 0.4) is 0 Å². The monoisotopic (exact) mass is 501 g/mol. The number of hydrogen-bond acceptors (Lipinski definition) is 7. The van der Waals surface area contributed by atoms with Crippen molar-refractivity contribution in [2.75, 3.05) is 31.0 Å². The first-order chi connectivity index (χ1) is 17.5. The summed E-state index contributed by atoms with van der Waals surface area (Å²) in [5.41, 5.74) is 4.23. The molecule has 0 saturated heterocycles. The summed E-state index contributed by atoms with van der Waals surface area (Å²) in [5.74, 6) is -0.0151. The van der Waals surface area contributed by atoms with Gasteiger partial charge in [-0.25, -0.2) is 4.39 Å². The molecule has 36 heavy (non-hydrogen) atoms. The van der Waals surface area contributed by atoms with Gasteiger partial charge in [0.25, 0.3) is 0 Å². The molecule has 1 heterocycles. The van der Waals surface area contributed by atoms with Crippen molar-refractivity contribution in [2.45, 2.75) is 6.54 Å². The fourth-order valence-electron chi connectivity index (χ4n) is 3.58. The summed E-state index contributed by atoms with van der Waals surface area (Å²) in [5, 5.41) is 26.3. The number of fused-ring (bicyclic) bond motifs is 1. The molecule has 4 rings (SSSR count). The number of anilines is 3. The van der Waals surface area contributed by atoms with E-state index in [1.807, 2.05) is 24.3 Å². The maximum absolute atomic E-state index is 13.6. The second kappa shape index (κ2) is 11.4. The van der Waals surface area contributed by atoms with Crippen LogP contribution < -0.4 is 15.4 Å². The summed E-state index contributed by atoms with van der Waals surface area (Å²) < 4.78 is 24.2. The molecular formula is C27H21ClFN5O2. The SMILES string of the molecule is COCCOc1ccc(CNc2ccc3ncc(C#N)c(Nc4ccc(F)c(Cl)c4)c3c2)cc1C#N. The highest BCUT2D eigenvalue weighted by Gasteiger charge is 2.12.